The summed E-state index contributed by atoms with van der Waals surface area (Å²) in [5, 5.41) is 0. The normalized spacial score (nSPS) is 12.2. The highest BCUT2D eigenvalue weighted by Crippen LogP contribution is 1.93. The molecule has 0 aliphatic rings. The predicted molar refractivity (Wildman–Crippen MR) is 45.5 cm³/mol. The third-order valence-electron chi connectivity index (χ3n) is 0.923. The molecular formula is C5H13BrO2S. The average molecular weight is 217 g/mol. The minimum atomic E-state index is -1.57. The van der Waals surface area contributed by atoms with E-state index in [1.165, 1.54) is 0 Å². The highest BCUT2D eigenvalue weighted by Gasteiger charge is 1.89. The predicted octanol–water partition coefficient (Wildman–Crippen LogP) is 1.98. The molecule has 2 nitrogen and oxygen atoms in total. The van der Waals surface area contributed by atoms with Crippen LogP contribution in [0.15, 0.2) is 0 Å². The van der Waals surface area contributed by atoms with E-state index in [1.54, 1.807) is 0 Å². The SMILES string of the molecule is Br.CCCCCS(=O)O. The van der Waals surface area contributed by atoms with Crippen LogP contribution in [0, 0.1) is 0 Å². The molecule has 0 radical (unpaired) electrons. The third-order valence-corrected chi connectivity index (χ3v) is 1.56. The third kappa shape index (κ3) is 11.9. The zero-order valence-corrected chi connectivity index (χ0v) is 8.03. The van der Waals surface area contributed by atoms with Crippen LogP contribution in [0.2, 0.25) is 0 Å². The van der Waals surface area contributed by atoms with E-state index in [1.807, 2.05) is 0 Å². The van der Waals surface area contributed by atoms with E-state index in [9.17, 15) is 4.21 Å². The molecule has 0 aromatic rings. The monoisotopic (exact) mass is 216 g/mol. The van der Waals surface area contributed by atoms with Gasteiger partial charge in [-0.05, 0) is 6.42 Å². The first-order chi connectivity index (χ1) is 3.77. The van der Waals surface area contributed by atoms with E-state index in [0.29, 0.717) is 5.75 Å². The molecule has 0 aromatic carbocycles. The Morgan fingerprint density at radius 1 is 1.44 bits per heavy atom. The number of unbranched alkanes of at least 4 members (excludes halogenated alkanes) is 2. The van der Waals surface area contributed by atoms with Crippen LogP contribution in [0.25, 0.3) is 0 Å². The van der Waals surface area contributed by atoms with Crippen LogP contribution < -0.4 is 0 Å². The summed E-state index contributed by atoms with van der Waals surface area (Å²) in [5.41, 5.74) is 0. The molecule has 9 heavy (non-hydrogen) atoms. The van der Waals surface area contributed by atoms with Crippen molar-refractivity contribution in [1.82, 2.24) is 0 Å². The molecule has 58 valence electrons. The zero-order chi connectivity index (χ0) is 6.41. The quantitative estimate of drug-likeness (QED) is 0.577. The maximum absolute atomic E-state index is 9.99. The highest BCUT2D eigenvalue weighted by molar-refractivity contribution is 8.93. The van der Waals surface area contributed by atoms with Gasteiger partial charge in [-0.15, -0.1) is 17.0 Å². The van der Waals surface area contributed by atoms with Gasteiger partial charge in [0.25, 0.3) is 0 Å². The van der Waals surface area contributed by atoms with E-state index in [0.717, 1.165) is 19.3 Å². The maximum atomic E-state index is 9.99. The van der Waals surface area contributed by atoms with Gasteiger partial charge in [-0.25, -0.2) is 4.21 Å². The summed E-state index contributed by atoms with van der Waals surface area (Å²) in [6, 6.07) is 0. The Morgan fingerprint density at radius 2 is 2.00 bits per heavy atom. The largest absolute Gasteiger partial charge is 0.306 e. The molecule has 0 saturated carbocycles. The van der Waals surface area contributed by atoms with E-state index in [2.05, 4.69) is 6.92 Å². The Labute approximate surface area is 69.1 Å². The van der Waals surface area contributed by atoms with Crippen molar-refractivity contribution in [2.24, 2.45) is 0 Å². The minimum absolute atomic E-state index is 0. The molecule has 1 N–H and O–H groups in total. The second-order valence-corrected chi connectivity index (χ2v) is 2.78. The van der Waals surface area contributed by atoms with Gasteiger partial charge in [-0.3, -0.25) is 0 Å². The van der Waals surface area contributed by atoms with Crippen molar-refractivity contribution in [2.75, 3.05) is 5.75 Å². The second kappa shape index (κ2) is 8.59. The first kappa shape index (κ1) is 12.3. The summed E-state index contributed by atoms with van der Waals surface area (Å²) in [5.74, 6) is 0.438. The second-order valence-electron chi connectivity index (χ2n) is 1.73. The summed E-state index contributed by atoms with van der Waals surface area (Å²) in [4.78, 5) is 0. The topological polar surface area (TPSA) is 37.3 Å². The van der Waals surface area contributed by atoms with Gasteiger partial charge < -0.3 is 4.55 Å². The zero-order valence-electron chi connectivity index (χ0n) is 5.50. The van der Waals surface area contributed by atoms with Crippen molar-refractivity contribution in [2.45, 2.75) is 26.2 Å². The fourth-order valence-electron chi connectivity index (χ4n) is 0.476. The molecule has 0 fully saturated rings. The summed E-state index contributed by atoms with van der Waals surface area (Å²) >= 11 is -1.57. The van der Waals surface area contributed by atoms with E-state index in [-0.39, 0.29) is 17.0 Å². The van der Waals surface area contributed by atoms with Gasteiger partial charge in [-0.2, -0.15) is 0 Å². The molecule has 4 heteroatoms. The van der Waals surface area contributed by atoms with Gasteiger partial charge in [0.1, 0.15) is 0 Å². The van der Waals surface area contributed by atoms with Crippen molar-refractivity contribution < 1.29 is 8.76 Å². The lowest BCUT2D eigenvalue weighted by molar-refractivity contribution is 0.559. The van der Waals surface area contributed by atoms with Gasteiger partial charge in [0.2, 0.25) is 0 Å². The fourth-order valence-corrected chi connectivity index (χ4v) is 0.927. The van der Waals surface area contributed by atoms with Crippen LogP contribution in [0.5, 0.6) is 0 Å². The molecule has 0 spiro atoms. The van der Waals surface area contributed by atoms with E-state index < -0.39 is 11.1 Å². The van der Waals surface area contributed by atoms with Crippen molar-refractivity contribution in [1.29, 1.82) is 0 Å². The van der Waals surface area contributed by atoms with Gasteiger partial charge in [-0.1, -0.05) is 19.8 Å². The van der Waals surface area contributed by atoms with Crippen LogP contribution >= 0.6 is 17.0 Å². The molecule has 1 atom stereocenters. The lowest BCUT2D eigenvalue weighted by Crippen LogP contribution is -1.93. The van der Waals surface area contributed by atoms with Crippen molar-refractivity contribution in [3.8, 4) is 0 Å². The van der Waals surface area contributed by atoms with Crippen LogP contribution in [0.1, 0.15) is 26.2 Å². The summed E-state index contributed by atoms with van der Waals surface area (Å²) in [6.45, 7) is 2.07. The summed E-state index contributed by atoms with van der Waals surface area (Å²) < 4.78 is 18.2. The Morgan fingerprint density at radius 3 is 2.33 bits per heavy atom. The van der Waals surface area contributed by atoms with Gasteiger partial charge in [0.05, 0.1) is 0 Å². The highest BCUT2D eigenvalue weighted by atomic mass is 79.9. The molecule has 0 bridgehead atoms. The molecule has 0 aromatic heterocycles. The first-order valence-corrected chi connectivity index (χ1v) is 4.12. The van der Waals surface area contributed by atoms with Crippen molar-refractivity contribution in [3.63, 3.8) is 0 Å². The maximum Gasteiger partial charge on any atom is 0.152 e. The summed E-state index contributed by atoms with van der Waals surface area (Å²) in [6.07, 6.45) is 3.04. The Bertz CT molecular complexity index is 77.4. The van der Waals surface area contributed by atoms with Crippen molar-refractivity contribution in [3.05, 3.63) is 0 Å². The van der Waals surface area contributed by atoms with Crippen LogP contribution in [-0.2, 0) is 11.1 Å². The van der Waals surface area contributed by atoms with Crippen LogP contribution in [-0.4, -0.2) is 14.5 Å². The van der Waals surface area contributed by atoms with Crippen LogP contribution in [0.3, 0.4) is 0 Å². The lowest BCUT2D eigenvalue weighted by Gasteiger charge is -1.90. The number of halogens is 1. The number of hydrogen-bond donors (Lipinski definition) is 1. The van der Waals surface area contributed by atoms with Gasteiger partial charge >= 0.3 is 0 Å². The molecule has 0 aliphatic heterocycles. The van der Waals surface area contributed by atoms with Crippen LogP contribution in [0.4, 0.5) is 0 Å². The molecule has 0 aliphatic carbocycles. The molecule has 0 amide bonds. The molecular weight excluding hydrogens is 204 g/mol. The number of hydrogen-bond acceptors (Lipinski definition) is 1. The Hall–Kier alpha value is 0.590. The molecule has 0 heterocycles. The van der Waals surface area contributed by atoms with Gasteiger partial charge in [0.15, 0.2) is 11.1 Å². The Balaban J connectivity index is 0. The smallest absolute Gasteiger partial charge is 0.152 e. The molecule has 0 rings (SSSR count). The van der Waals surface area contributed by atoms with E-state index >= 15 is 0 Å². The fraction of sp³-hybridized carbons (Fsp3) is 1.00. The molecule has 0 saturated heterocycles. The Kier molecular flexibility index (Phi) is 11.7. The summed E-state index contributed by atoms with van der Waals surface area (Å²) in [7, 11) is 0. The minimum Gasteiger partial charge on any atom is -0.306 e. The molecule has 1 unspecified atom stereocenters. The van der Waals surface area contributed by atoms with Crippen molar-refractivity contribution >= 4 is 28.1 Å². The lowest BCUT2D eigenvalue weighted by atomic mass is 10.3. The standard InChI is InChI=1S/C5H12O2S.BrH/c1-2-3-4-5-8(6)7;/h2-5H2,1H3,(H,6,7);1H. The average Bonchev–Trinajstić information content (AvgIpc) is 1.66. The number of rotatable bonds is 4. The van der Waals surface area contributed by atoms with Gasteiger partial charge in [0, 0.05) is 5.75 Å². The van der Waals surface area contributed by atoms with E-state index in [4.69, 9.17) is 4.55 Å². The first-order valence-electron chi connectivity index (χ1n) is 2.85.